The highest BCUT2D eigenvalue weighted by molar-refractivity contribution is 5.92. The molecule has 0 unspecified atom stereocenters. The Labute approximate surface area is 187 Å². The molecule has 2 aromatic carbocycles. The van der Waals surface area contributed by atoms with Crippen LogP contribution in [0.1, 0.15) is 23.7 Å². The van der Waals surface area contributed by atoms with Gasteiger partial charge < -0.3 is 14.8 Å². The molecule has 0 aliphatic carbocycles. The first kappa shape index (κ1) is 21.4. The van der Waals surface area contributed by atoms with E-state index in [-0.39, 0.29) is 12.5 Å². The van der Waals surface area contributed by atoms with Crippen molar-refractivity contribution in [3.63, 3.8) is 0 Å². The fraction of sp³-hybridized carbons (Fsp3) is 0.240. The van der Waals surface area contributed by atoms with Gasteiger partial charge in [0, 0.05) is 23.2 Å². The van der Waals surface area contributed by atoms with Gasteiger partial charge in [0.05, 0.1) is 18.5 Å². The quantitative estimate of drug-likeness (QED) is 0.463. The number of fused-ring (bicyclic) bond motifs is 1. The molecular weight excluding hydrogens is 404 g/mol. The van der Waals surface area contributed by atoms with Gasteiger partial charge in [-0.05, 0) is 55.7 Å². The van der Waals surface area contributed by atoms with Crippen molar-refractivity contribution in [1.82, 2.24) is 14.8 Å². The lowest BCUT2D eigenvalue weighted by atomic mass is 10.1. The number of nitrogens with one attached hydrogen (secondary N) is 1. The summed E-state index contributed by atoms with van der Waals surface area (Å²) in [6.07, 6.45) is 0.979. The summed E-state index contributed by atoms with van der Waals surface area (Å²) in [5.41, 5.74) is 5.42. The van der Waals surface area contributed by atoms with Crippen molar-refractivity contribution in [1.29, 1.82) is 0 Å². The number of rotatable bonds is 7. The maximum Gasteiger partial charge on any atom is 0.262 e. The van der Waals surface area contributed by atoms with E-state index >= 15 is 0 Å². The topological polar surface area (TPSA) is 78.3 Å². The van der Waals surface area contributed by atoms with Crippen LogP contribution in [-0.4, -0.2) is 34.4 Å². The number of anilines is 1. The number of carbonyl (C=O) groups is 1. The van der Waals surface area contributed by atoms with Crippen molar-refractivity contribution in [3.05, 3.63) is 71.4 Å². The molecule has 0 aliphatic heterocycles. The predicted molar refractivity (Wildman–Crippen MR) is 125 cm³/mol. The van der Waals surface area contributed by atoms with Crippen molar-refractivity contribution in [2.24, 2.45) is 0 Å². The number of carbonyl (C=O) groups excluding carboxylic acids is 1. The van der Waals surface area contributed by atoms with E-state index in [9.17, 15) is 4.79 Å². The molecule has 4 rings (SSSR count). The van der Waals surface area contributed by atoms with E-state index in [4.69, 9.17) is 14.6 Å². The van der Waals surface area contributed by atoms with E-state index in [1.165, 1.54) is 5.56 Å². The summed E-state index contributed by atoms with van der Waals surface area (Å²) in [7, 11) is 1.58. The standard InChI is InChI=1S/C25H26N4O3/c1-5-18-9-11-20(12-10-18)29-25-24(17(3)28-29)16(2)13-23(27-25)32-15-22(30)26-19-7-6-8-21(14-19)31-4/h6-14H,5,15H2,1-4H3,(H,26,30). The fourth-order valence-electron chi connectivity index (χ4n) is 3.64. The second-order valence-electron chi connectivity index (χ2n) is 7.56. The molecule has 164 valence electrons. The molecule has 7 nitrogen and oxygen atoms in total. The molecule has 1 N–H and O–H groups in total. The number of aromatic nitrogens is 3. The number of pyridine rings is 1. The van der Waals surface area contributed by atoms with Crippen molar-refractivity contribution in [2.75, 3.05) is 19.0 Å². The summed E-state index contributed by atoms with van der Waals surface area (Å²) < 4.78 is 12.7. The maximum absolute atomic E-state index is 12.4. The van der Waals surface area contributed by atoms with E-state index in [1.54, 1.807) is 19.2 Å². The van der Waals surface area contributed by atoms with Crippen molar-refractivity contribution in [3.8, 4) is 17.3 Å². The van der Waals surface area contributed by atoms with Crippen LogP contribution in [-0.2, 0) is 11.2 Å². The highest BCUT2D eigenvalue weighted by Gasteiger charge is 2.15. The first-order chi connectivity index (χ1) is 15.5. The second-order valence-corrected chi connectivity index (χ2v) is 7.56. The zero-order valence-corrected chi connectivity index (χ0v) is 18.7. The zero-order valence-electron chi connectivity index (χ0n) is 18.7. The van der Waals surface area contributed by atoms with E-state index in [1.807, 2.05) is 48.9 Å². The van der Waals surface area contributed by atoms with Gasteiger partial charge >= 0.3 is 0 Å². The smallest absolute Gasteiger partial charge is 0.262 e. The van der Waals surface area contributed by atoms with Gasteiger partial charge in [-0.15, -0.1) is 0 Å². The van der Waals surface area contributed by atoms with Crippen LogP contribution in [0.5, 0.6) is 11.6 Å². The molecule has 2 heterocycles. The summed E-state index contributed by atoms with van der Waals surface area (Å²) in [6, 6.07) is 17.3. The van der Waals surface area contributed by atoms with Crippen LogP contribution in [0.3, 0.4) is 0 Å². The van der Waals surface area contributed by atoms with Crippen LogP contribution in [0.2, 0.25) is 0 Å². The first-order valence-electron chi connectivity index (χ1n) is 10.5. The Balaban J connectivity index is 1.56. The largest absolute Gasteiger partial charge is 0.497 e. The average Bonchev–Trinajstić information content (AvgIpc) is 3.14. The van der Waals surface area contributed by atoms with Gasteiger partial charge in [0.2, 0.25) is 5.88 Å². The Hall–Kier alpha value is -3.87. The second kappa shape index (κ2) is 9.09. The van der Waals surface area contributed by atoms with Crippen molar-refractivity contribution in [2.45, 2.75) is 27.2 Å². The van der Waals surface area contributed by atoms with Gasteiger partial charge in [0.15, 0.2) is 12.3 Å². The van der Waals surface area contributed by atoms with Gasteiger partial charge in [0.25, 0.3) is 5.91 Å². The molecule has 0 radical (unpaired) electrons. The number of benzene rings is 2. The Morgan fingerprint density at radius 1 is 1.09 bits per heavy atom. The van der Waals surface area contributed by atoms with Crippen LogP contribution in [0.25, 0.3) is 16.7 Å². The van der Waals surface area contributed by atoms with Gasteiger partial charge in [-0.2, -0.15) is 10.1 Å². The summed E-state index contributed by atoms with van der Waals surface area (Å²) in [4.78, 5) is 17.0. The average molecular weight is 431 g/mol. The van der Waals surface area contributed by atoms with Gasteiger partial charge in [-0.1, -0.05) is 25.1 Å². The third kappa shape index (κ3) is 4.42. The minimum absolute atomic E-state index is 0.159. The molecule has 0 saturated heterocycles. The number of amides is 1. The number of nitrogens with zero attached hydrogens (tertiary/aromatic N) is 3. The third-order valence-electron chi connectivity index (χ3n) is 5.28. The summed E-state index contributed by atoms with van der Waals surface area (Å²) in [5.74, 6) is 0.766. The molecule has 7 heteroatoms. The Bertz CT molecular complexity index is 1260. The van der Waals surface area contributed by atoms with Crippen LogP contribution in [0.4, 0.5) is 5.69 Å². The third-order valence-corrected chi connectivity index (χ3v) is 5.28. The number of ether oxygens (including phenoxy) is 2. The molecular formula is C25H26N4O3. The van der Waals surface area contributed by atoms with Gasteiger partial charge in [-0.25, -0.2) is 4.68 Å². The number of aryl methyl sites for hydroxylation is 3. The predicted octanol–water partition coefficient (Wildman–Crippen LogP) is 4.63. The molecule has 0 saturated carbocycles. The Kier molecular flexibility index (Phi) is 6.07. The minimum Gasteiger partial charge on any atom is -0.497 e. The van der Waals surface area contributed by atoms with E-state index in [2.05, 4.69) is 29.4 Å². The molecule has 0 atom stereocenters. The molecule has 0 bridgehead atoms. The number of methoxy groups -OCH3 is 1. The molecule has 0 spiro atoms. The SMILES string of the molecule is CCc1ccc(-n2nc(C)c3c(C)cc(OCC(=O)Nc4cccc(OC)c4)nc32)cc1. The summed E-state index contributed by atoms with van der Waals surface area (Å²) in [6.45, 7) is 5.93. The highest BCUT2D eigenvalue weighted by Crippen LogP contribution is 2.27. The minimum atomic E-state index is -0.280. The summed E-state index contributed by atoms with van der Waals surface area (Å²) >= 11 is 0. The first-order valence-corrected chi connectivity index (χ1v) is 10.5. The zero-order chi connectivity index (χ0) is 22.7. The molecule has 1 amide bonds. The Morgan fingerprint density at radius 2 is 1.88 bits per heavy atom. The molecule has 32 heavy (non-hydrogen) atoms. The van der Waals surface area contributed by atoms with Crippen LogP contribution in [0, 0.1) is 13.8 Å². The number of hydrogen-bond donors (Lipinski definition) is 1. The van der Waals surface area contributed by atoms with Crippen molar-refractivity contribution >= 4 is 22.6 Å². The van der Waals surface area contributed by atoms with Crippen LogP contribution >= 0.6 is 0 Å². The normalized spacial score (nSPS) is 10.9. The molecule has 0 aliphatic rings. The van der Waals surface area contributed by atoms with Crippen LogP contribution < -0.4 is 14.8 Å². The molecule has 0 fully saturated rings. The van der Waals surface area contributed by atoms with E-state index < -0.39 is 0 Å². The monoisotopic (exact) mass is 430 g/mol. The summed E-state index contributed by atoms with van der Waals surface area (Å²) in [5, 5.41) is 8.48. The fourth-order valence-corrected chi connectivity index (χ4v) is 3.64. The maximum atomic E-state index is 12.4. The lowest BCUT2D eigenvalue weighted by Gasteiger charge is -2.10. The lowest BCUT2D eigenvalue weighted by Crippen LogP contribution is -2.20. The highest BCUT2D eigenvalue weighted by atomic mass is 16.5. The number of hydrogen-bond acceptors (Lipinski definition) is 5. The lowest BCUT2D eigenvalue weighted by molar-refractivity contribution is -0.118. The van der Waals surface area contributed by atoms with E-state index in [0.717, 1.165) is 28.8 Å². The van der Waals surface area contributed by atoms with Gasteiger partial charge in [-0.3, -0.25) is 4.79 Å². The van der Waals surface area contributed by atoms with Crippen LogP contribution in [0.15, 0.2) is 54.6 Å². The molecule has 2 aromatic heterocycles. The Morgan fingerprint density at radius 3 is 2.59 bits per heavy atom. The van der Waals surface area contributed by atoms with Gasteiger partial charge in [0.1, 0.15) is 5.75 Å². The van der Waals surface area contributed by atoms with E-state index in [0.29, 0.717) is 23.0 Å². The molecule has 4 aromatic rings. The van der Waals surface area contributed by atoms with Crippen molar-refractivity contribution < 1.29 is 14.3 Å².